The molecule has 0 aliphatic heterocycles. The van der Waals surface area contributed by atoms with Crippen LogP contribution in [0, 0.1) is 12.7 Å². The van der Waals surface area contributed by atoms with Crippen molar-refractivity contribution in [3.63, 3.8) is 0 Å². The Labute approximate surface area is 124 Å². The molecule has 0 saturated carbocycles. The number of anilines is 2. The minimum Gasteiger partial charge on any atom is -0.396 e. The van der Waals surface area contributed by atoms with Gasteiger partial charge in [0.15, 0.2) is 0 Å². The van der Waals surface area contributed by atoms with E-state index in [1.807, 2.05) is 6.07 Å². The average Bonchev–Trinajstić information content (AvgIpc) is 2.80. The van der Waals surface area contributed by atoms with E-state index >= 15 is 0 Å². The Morgan fingerprint density at radius 3 is 2.90 bits per heavy atom. The van der Waals surface area contributed by atoms with E-state index in [9.17, 15) is 9.18 Å². The number of halogens is 1. The first-order valence-electron chi connectivity index (χ1n) is 6.27. The molecule has 0 aliphatic carbocycles. The van der Waals surface area contributed by atoms with Crippen molar-refractivity contribution in [1.29, 1.82) is 0 Å². The van der Waals surface area contributed by atoms with Crippen LogP contribution in [-0.2, 0) is 0 Å². The Morgan fingerprint density at radius 2 is 2.19 bits per heavy atom. The van der Waals surface area contributed by atoms with Crippen molar-refractivity contribution in [3.8, 4) is 0 Å². The molecular weight excluding hydrogens is 289 g/mol. The van der Waals surface area contributed by atoms with Gasteiger partial charge in [0.25, 0.3) is 5.91 Å². The number of hydrogen-bond donors (Lipinski definition) is 2. The first-order chi connectivity index (χ1) is 10.1. The Kier molecular flexibility index (Phi) is 3.31. The number of hydrogen-bond acceptors (Lipinski definition) is 4. The molecule has 1 aromatic carbocycles. The lowest BCUT2D eigenvalue weighted by Crippen LogP contribution is -2.13. The highest BCUT2D eigenvalue weighted by Gasteiger charge is 2.17. The fraction of sp³-hybridized carbons (Fsp3) is 0.0667. The van der Waals surface area contributed by atoms with Gasteiger partial charge in [0.1, 0.15) is 16.2 Å². The van der Waals surface area contributed by atoms with Gasteiger partial charge < -0.3 is 11.1 Å². The summed E-state index contributed by atoms with van der Waals surface area (Å²) in [5.41, 5.74) is 8.19. The zero-order valence-electron chi connectivity index (χ0n) is 11.2. The topological polar surface area (TPSA) is 68.0 Å². The number of amides is 1. The van der Waals surface area contributed by atoms with Crippen molar-refractivity contribution in [1.82, 2.24) is 4.98 Å². The lowest BCUT2D eigenvalue weighted by molar-refractivity contribution is 0.103. The second kappa shape index (κ2) is 5.14. The van der Waals surface area contributed by atoms with Crippen molar-refractivity contribution in [2.24, 2.45) is 0 Å². The number of fused-ring (bicyclic) bond motifs is 1. The number of thiophene rings is 1. The molecule has 2 heterocycles. The van der Waals surface area contributed by atoms with E-state index in [4.69, 9.17) is 5.73 Å². The van der Waals surface area contributed by atoms with Crippen LogP contribution in [0.1, 0.15) is 15.2 Å². The maximum Gasteiger partial charge on any atom is 0.267 e. The maximum absolute atomic E-state index is 13.1. The monoisotopic (exact) mass is 301 g/mol. The predicted molar refractivity (Wildman–Crippen MR) is 83.1 cm³/mol. The summed E-state index contributed by atoms with van der Waals surface area (Å²) in [6.07, 6.45) is 1.64. The molecular formula is C15H12FN3OS. The highest BCUT2D eigenvalue weighted by molar-refractivity contribution is 7.21. The number of carbonyl (C=O) groups excluding carboxylic acids is 1. The van der Waals surface area contributed by atoms with E-state index in [0.29, 0.717) is 27.3 Å². The highest BCUT2D eigenvalue weighted by atomic mass is 32.1. The third kappa shape index (κ3) is 2.45. The third-order valence-electron chi connectivity index (χ3n) is 3.13. The molecule has 6 heteroatoms. The number of aryl methyl sites for hydroxylation is 1. The van der Waals surface area contributed by atoms with Gasteiger partial charge in [0, 0.05) is 11.9 Å². The van der Waals surface area contributed by atoms with E-state index < -0.39 is 0 Å². The molecule has 0 bridgehead atoms. The largest absolute Gasteiger partial charge is 0.396 e. The molecule has 0 radical (unpaired) electrons. The number of rotatable bonds is 2. The van der Waals surface area contributed by atoms with Crippen LogP contribution >= 0.6 is 11.3 Å². The minimum atomic E-state index is -0.337. The highest BCUT2D eigenvalue weighted by Crippen LogP contribution is 2.32. The van der Waals surface area contributed by atoms with Gasteiger partial charge in [-0.05, 0) is 42.8 Å². The summed E-state index contributed by atoms with van der Waals surface area (Å²) in [4.78, 5) is 16.9. The van der Waals surface area contributed by atoms with Gasteiger partial charge >= 0.3 is 0 Å². The molecule has 4 nitrogen and oxygen atoms in total. The molecule has 21 heavy (non-hydrogen) atoms. The van der Waals surface area contributed by atoms with Crippen molar-refractivity contribution >= 4 is 38.8 Å². The third-order valence-corrected chi connectivity index (χ3v) is 4.28. The van der Waals surface area contributed by atoms with Gasteiger partial charge in [-0.25, -0.2) is 4.39 Å². The fourth-order valence-corrected chi connectivity index (χ4v) is 3.04. The van der Waals surface area contributed by atoms with Crippen LogP contribution in [0.15, 0.2) is 36.5 Å². The summed E-state index contributed by atoms with van der Waals surface area (Å²) in [5, 5.41) is 2.75. The summed E-state index contributed by atoms with van der Waals surface area (Å²) in [6.45, 7) is 1.73. The minimum absolute atomic E-state index is 0.315. The predicted octanol–water partition coefficient (Wildman–Crippen LogP) is 3.58. The van der Waals surface area contributed by atoms with Crippen molar-refractivity contribution in [2.75, 3.05) is 11.1 Å². The number of nitrogens with two attached hydrogens (primary N) is 1. The summed E-state index contributed by atoms with van der Waals surface area (Å²) in [7, 11) is 0. The zero-order chi connectivity index (χ0) is 15.0. The quantitative estimate of drug-likeness (QED) is 0.760. The van der Waals surface area contributed by atoms with E-state index in [-0.39, 0.29) is 11.7 Å². The molecule has 3 rings (SSSR count). The maximum atomic E-state index is 13.1. The van der Waals surface area contributed by atoms with Crippen LogP contribution in [0.3, 0.4) is 0 Å². The second-order valence-corrected chi connectivity index (χ2v) is 5.66. The van der Waals surface area contributed by atoms with Crippen molar-refractivity contribution in [2.45, 2.75) is 6.92 Å². The number of benzene rings is 1. The number of carbonyl (C=O) groups is 1. The standard InChI is InChI=1S/C15H12FN3OS/c1-8-7-9(16)4-5-10(8)19-15(20)14-12(17)13-11(21-14)3-2-6-18-13/h2-7H,17H2,1H3,(H,19,20). The van der Waals surface area contributed by atoms with Crippen LogP contribution in [0.5, 0.6) is 0 Å². The first kappa shape index (κ1) is 13.5. The van der Waals surface area contributed by atoms with Gasteiger partial charge in [0.05, 0.1) is 10.4 Å². The summed E-state index contributed by atoms with van der Waals surface area (Å²) >= 11 is 1.29. The Balaban J connectivity index is 1.95. The summed E-state index contributed by atoms with van der Waals surface area (Å²) < 4.78 is 13.9. The van der Waals surface area contributed by atoms with Crippen molar-refractivity contribution in [3.05, 3.63) is 52.8 Å². The normalized spacial score (nSPS) is 10.8. The van der Waals surface area contributed by atoms with Crippen molar-refractivity contribution < 1.29 is 9.18 Å². The molecule has 0 aliphatic rings. The second-order valence-electron chi connectivity index (χ2n) is 4.61. The molecule has 2 aromatic heterocycles. The molecule has 1 amide bonds. The number of pyridine rings is 1. The van der Waals surface area contributed by atoms with Gasteiger partial charge in [-0.1, -0.05) is 0 Å². The lowest BCUT2D eigenvalue weighted by atomic mass is 10.2. The molecule has 0 spiro atoms. The van der Waals surface area contributed by atoms with Crippen LogP contribution in [0.25, 0.3) is 10.2 Å². The molecule has 0 unspecified atom stereocenters. The van der Waals surface area contributed by atoms with E-state index in [1.165, 1.54) is 29.5 Å². The van der Waals surface area contributed by atoms with E-state index in [0.717, 1.165) is 4.70 Å². The van der Waals surface area contributed by atoms with E-state index in [2.05, 4.69) is 10.3 Å². The fourth-order valence-electron chi connectivity index (χ4n) is 2.06. The Bertz CT molecular complexity index is 844. The molecule has 0 fully saturated rings. The molecule has 3 aromatic rings. The molecule has 0 atom stereocenters. The van der Waals surface area contributed by atoms with Gasteiger partial charge in [-0.15, -0.1) is 11.3 Å². The van der Waals surface area contributed by atoms with Gasteiger partial charge in [-0.2, -0.15) is 0 Å². The number of nitrogens with zero attached hydrogens (tertiary/aromatic N) is 1. The van der Waals surface area contributed by atoms with Crippen LogP contribution < -0.4 is 11.1 Å². The average molecular weight is 301 g/mol. The summed E-state index contributed by atoms with van der Waals surface area (Å²) in [5.74, 6) is -0.652. The number of nitrogen functional groups attached to an aromatic ring is 1. The SMILES string of the molecule is Cc1cc(F)ccc1NC(=O)c1sc2cccnc2c1N. The number of nitrogens with one attached hydrogen (secondary N) is 1. The van der Waals surface area contributed by atoms with Gasteiger partial charge in [-0.3, -0.25) is 9.78 Å². The smallest absolute Gasteiger partial charge is 0.267 e. The van der Waals surface area contributed by atoms with E-state index in [1.54, 1.807) is 19.2 Å². The first-order valence-corrected chi connectivity index (χ1v) is 7.08. The molecule has 3 N–H and O–H groups in total. The Morgan fingerprint density at radius 1 is 1.38 bits per heavy atom. The van der Waals surface area contributed by atoms with Crippen LogP contribution in [-0.4, -0.2) is 10.9 Å². The van der Waals surface area contributed by atoms with Crippen LogP contribution in [0.4, 0.5) is 15.8 Å². The summed E-state index contributed by atoms with van der Waals surface area (Å²) in [6, 6.07) is 7.86. The zero-order valence-corrected chi connectivity index (χ0v) is 12.0. The molecule has 0 saturated heterocycles. The van der Waals surface area contributed by atoms with Gasteiger partial charge in [0.2, 0.25) is 0 Å². The van der Waals surface area contributed by atoms with Crippen LogP contribution in [0.2, 0.25) is 0 Å². The lowest BCUT2D eigenvalue weighted by Gasteiger charge is -2.07. The Hall–Kier alpha value is -2.47. The molecule has 106 valence electrons. The number of aromatic nitrogens is 1.